The van der Waals surface area contributed by atoms with Crippen LogP contribution in [0.15, 0.2) is 24.3 Å². The summed E-state index contributed by atoms with van der Waals surface area (Å²) in [6.45, 7) is 2.90. The van der Waals surface area contributed by atoms with Gasteiger partial charge in [-0.1, -0.05) is 26.0 Å². The van der Waals surface area contributed by atoms with Crippen LogP contribution in [0.25, 0.3) is 0 Å². The predicted octanol–water partition coefficient (Wildman–Crippen LogP) is 2.93. The van der Waals surface area contributed by atoms with E-state index in [0.29, 0.717) is 5.56 Å². The number of rotatable bonds is 2. The van der Waals surface area contributed by atoms with E-state index in [0.717, 1.165) is 0 Å². The van der Waals surface area contributed by atoms with Gasteiger partial charge in [0.15, 0.2) is 0 Å². The van der Waals surface area contributed by atoms with E-state index in [1.54, 1.807) is 12.1 Å². The number of hydrogen-bond acceptors (Lipinski definition) is 1. The Hall–Kier alpha value is -1.12. The van der Waals surface area contributed by atoms with Crippen LogP contribution in [0.5, 0.6) is 5.75 Å². The second-order valence-corrected chi connectivity index (χ2v) is 3.57. The van der Waals surface area contributed by atoms with Crippen molar-refractivity contribution in [3.8, 4) is 5.75 Å². The first-order chi connectivity index (χ1) is 5.94. The maximum atomic E-state index is 12.5. The molecule has 1 N–H and O–H groups in total. The topological polar surface area (TPSA) is 20.2 Å². The molecule has 13 heavy (non-hydrogen) atoms. The fraction of sp³-hybridized carbons (Fsp3) is 0.400. The van der Waals surface area contributed by atoms with Gasteiger partial charge in [0.1, 0.15) is 5.75 Å². The SMILES string of the molecule is CC(C)(c1cccc(O)c1)C(F)F. The molecule has 0 unspecified atom stereocenters. The second-order valence-electron chi connectivity index (χ2n) is 3.57. The summed E-state index contributed by atoms with van der Waals surface area (Å²) in [4.78, 5) is 0. The van der Waals surface area contributed by atoms with E-state index in [1.807, 2.05) is 0 Å². The third-order valence-electron chi connectivity index (χ3n) is 2.14. The maximum absolute atomic E-state index is 12.5. The van der Waals surface area contributed by atoms with Crippen LogP contribution < -0.4 is 0 Å². The van der Waals surface area contributed by atoms with Crippen molar-refractivity contribution in [2.75, 3.05) is 0 Å². The highest BCUT2D eigenvalue weighted by Gasteiger charge is 2.31. The Bertz CT molecular complexity index is 295. The van der Waals surface area contributed by atoms with E-state index in [2.05, 4.69) is 0 Å². The van der Waals surface area contributed by atoms with Crippen LogP contribution in [0, 0.1) is 0 Å². The van der Waals surface area contributed by atoms with Gasteiger partial charge < -0.3 is 5.11 Å². The van der Waals surface area contributed by atoms with Crippen LogP contribution >= 0.6 is 0 Å². The minimum absolute atomic E-state index is 0.0197. The molecule has 1 aromatic rings. The summed E-state index contributed by atoms with van der Waals surface area (Å²) in [7, 11) is 0. The first-order valence-electron chi connectivity index (χ1n) is 4.02. The van der Waals surface area contributed by atoms with Crippen LogP contribution in [0.3, 0.4) is 0 Å². The maximum Gasteiger partial charge on any atom is 0.247 e. The molecule has 3 heteroatoms. The zero-order valence-corrected chi connectivity index (χ0v) is 7.59. The molecular formula is C10H12F2O. The third-order valence-corrected chi connectivity index (χ3v) is 2.14. The van der Waals surface area contributed by atoms with E-state index in [1.165, 1.54) is 26.0 Å². The largest absolute Gasteiger partial charge is 0.508 e. The molecule has 0 amide bonds. The fourth-order valence-electron chi connectivity index (χ4n) is 1.03. The molecular weight excluding hydrogens is 174 g/mol. The summed E-state index contributed by atoms with van der Waals surface area (Å²) >= 11 is 0. The monoisotopic (exact) mass is 186 g/mol. The van der Waals surface area contributed by atoms with Gasteiger partial charge in [-0.25, -0.2) is 8.78 Å². The summed E-state index contributed by atoms with van der Waals surface area (Å²) in [6.07, 6.45) is -2.44. The first-order valence-corrected chi connectivity index (χ1v) is 4.02. The fourth-order valence-corrected chi connectivity index (χ4v) is 1.03. The molecule has 1 aromatic carbocycles. The van der Waals surface area contributed by atoms with Crippen molar-refractivity contribution < 1.29 is 13.9 Å². The van der Waals surface area contributed by atoms with Gasteiger partial charge in [0, 0.05) is 0 Å². The third kappa shape index (κ3) is 1.97. The molecule has 72 valence electrons. The van der Waals surface area contributed by atoms with Gasteiger partial charge in [-0.15, -0.1) is 0 Å². The van der Waals surface area contributed by atoms with Gasteiger partial charge in [-0.3, -0.25) is 0 Å². The minimum Gasteiger partial charge on any atom is -0.508 e. The second kappa shape index (κ2) is 3.32. The van der Waals surface area contributed by atoms with Gasteiger partial charge in [0.2, 0.25) is 6.43 Å². The van der Waals surface area contributed by atoms with Crippen molar-refractivity contribution in [2.24, 2.45) is 0 Å². The van der Waals surface area contributed by atoms with Gasteiger partial charge >= 0.3 is 0 Å². The number of phenolic OH excluding ortho intramolecular Hbond substituents is 1. The van der Waals surface area contributed by atoms with Crippen LogP contribution in [0.1, 0.15) is 19.4 Å². The molecule has 0 aliphatic rings. The lowest BCUT2D eigenvalue weighted by Crippen LogP contribution is -2.26. The van der Waals surface area contributed by atoms with Gasteiger partial charge in [0.25, 0.3) is 0 Å². The highest BCUT2D eigenvalue weighted by Crippen LogP contribution is 2.31. The lowest BCUT2D eigenvalue weighted by Gasteiger charge is -2.23. The van der Waals surface area contributed by atoms with Crippen molar-refractivity contribution in [1.82, 2.24) is 0 Å². The molecule has 0 fully saturated rings. The van der Waals surface area contributed by atoms with Crippen LogP contribution in [-0.4, -0.2) is 11.5 Å². The predicted molar refractivity (Wildman–Crippen MR) is 47.1 cm³/mol. The smallest absolute Gasteiger partial charge is 0.247 e. The Morgan fingerprint density at radius 3 is 2.38 bits per heavy atom. The van der Waals surface area contributed by atoms with Crippen molar-refractivity contribution in [2.45, 2.75) is 25.7 Å². The first kappa shape index (κ1) is 9.96. The Balaban J connectivity index is 3.07. The Labute approximate surface area is 76.0 Å². The molecule has 0 saturated carbocycles. The molecule has 0 aromatic heterocycles. The van der Waals surface area contributed by atoms with E-state index >= 15 is 0 Å². The Kier molecular flexibility index (Phi) is 2.55. The number of aromatic hydroxyl groups is 1. The summed E-state index contributed by atoms with van der Waals surface area (Å²) < 4.78 is 25.1. The number of benzene rings is 1. The molecule has 0 bridgehead atoms. The molecule has 0 heterocycles. The standard InChI is InChI=1S/C10H12F2O/c1-10(2,9(11)12)7-4-3-5-8(13)6-7/h3-6,9,13H,1-2H3. The van der Waals surface area contributed by atoms with Gasteiger partial charge in [-0.2, -0.15) is 0 Å². The van der Waals surface area contributed by atoms with E-state index in [4.69, 9.17) is 5.11 Å². The number of phenols is 1. The number of halogens is 2. The Morgan fingerprint density at radius 2 is 1.92 bits per heavy atom. The van der Waals surface area contributed by atoms with Crippen LogP contribution in [-0.2, 0) is 5.41 Å². The summed E-state index contributed by atoms with van der Waals surface area (Å²) in [5, 5.41) is 9.11. The van der Waals surface area contributed by atoms with Crippen LogP contribution in [0.2, 0.25) is 0 Å². The molecule has 0 radical (unpaired) electrons. The van der Waals surface area contributed by atoms with E-state index < -0.39 is 11.8 Å². The van der Waals surface area contributed by atoms with Crippen molar-refractivity contribution in [1.29, 1.82) is 0 Å². The molecule has 0 spiro atoms. The molecule has 0 aliphatic heterocycles. The highest BCUT2D eigenvalue weighted by molar-refractivity contribution is 5.32. The van der Waals surface area contributed by atoms with Crippen molar-refractivity contribution in [3.63, 3.8) is 0 Å². The lowest BCUT2D eigenvalue weighted by atomic mass is 9.85. The summed E-state index contributed by atoms with van der Waals surface area (Å²) in [6, 6.07) is 5.98. The van der Waals surface area contributed by atoms with E-state index in [9.17, 15) is 8.78 Å². The van der Waals surface area contributed by atoms with Crippen molar-refractivity contribution >= 4 is 0 Å². The molecule has 1 nitrogen and oxygen atoms in total. The average molecular weight is 186 g/mol. The summed E-state index contributed by atoms with van der Waals surface area (Å²) in [5.41, 5.74) is -0.763. The Morgan fingerprint density at radius 1 is 1.31 bits per heavy atom. The minimum atomic E-state index is -2.44. The number of hydrogen-bond donors (Lipinski definition) is 1. The highest BCUT2D eigenvalue weighted by atomic mass is 19.3. The molecule has 1 rings (SSSR count). The van der Waals surface area contributed by atoms with E-state index in [-0.39, 0.29) is 5.75 Å². The van der Waals surface area contributed by atoms with Crippen molar-refractivity contribution in [3.05, 3.63) is 29.8 Å². The van der Waals surface area contributed by atoms with Gasteiger partial charge in [0.05, 0.1) is 5.41 Å². The normalized spacial score (nSPS) is 12.1. The van der Waals surface area contributed by atoms with Gasteiger partial charge in [-0.05, 0) is 17.7 Å². The average Bonchev–Trinajstić information content (AvgIpc) is 2.04. The zero-order valence-electron chi connectivity index (χ0n) is 7.59. The summed E-state index contributed by atoms with van der Waals surface area (Å²) in [5.74, 6) is 0.0197. The lowest BCUT2D eigenvalue weighted by molar-refractivity contribution is 0.0693. The number of alkyl halides is 2. The molecule has 0 aliphatic carbocycles. The van der Waals surface area contributed by atoms with Crippen LogP contribution in [0.4, 0.5) is 8.78 Å². The molecule has 0 saturated heterocycles. The quantitative estimate of drug-likeness (QED) is 0.752. The zero-order chi connectivity index (χ0) is 10.1. The molecule has 0 atom stereocenters.